The van der Waals surface area contributed by atoms with Gasteiger partial charge in [-0.25, -0.2) is 14.7 Å². The van der Waals surface area contributed by atoms with Crippen LogP contribution in [0.2, 0.25) is 0 Å². The maximum atomic E-state index is 14.9. The van der Waals surface area contributed by atoms with Gasteiger partial charge in [0.15, 0.2) is 5.57 Å². The lowest BCUT2D eigenvalue weighted by Gasteiger charge is -2.30. The van der Waals surface area contributed by atoms with Crippen molar-refractivity contribution >= 4 is 33.4 Å². The largest absolute Gasteiger partial charge is 0.393 e. The van der Waals surface area contributed by atoms with Crippen LogP contribution < -0.4 is 10.8 Å². The van der Waals surface area contributed by atoms with Gasteiger partial charge < -0.3 is 10.4 Å². The lowest BCUT2D eigenvalue weighted by Crippen LogP contribution is -2.53. The normalized spacial score (nSPS) is 20.3. The molecule has 0 bridgehead atoms. The minimum absolute atomic E-state index is 0.0116. The molecule has 1 aliphatic rings. The minimum atomic E-state index is -1.44. The summed E-state index contributed by atoms with van der Waals surface area (Å²) in [7, 11) is 0. The Balaban J connectivity index is 2.39. The Labute approximate surface area is 170 Å². The van der Waals surface area contributed by atoms with Gasteiger partial charge in [-0.15, -0.1) is 0 Å². The number of aliphatic hydroxyl groups is 1. The molecule has 1 aliphatic heterocycles. The van der Waals surface area contributed by atoms with Gasteiger partial charge in [0, 0.05) is 21.1 Å². The molecule has 2 amide bonds. The Kier molecular flexibility index (Phi) is 6.92. The molecule has 1 unspecified atom stereocenters. The van der Waals surface area contributed by atoms with Gasteiger partial charge in [0.2, 0.25) is 0 Å². The number of carbonyl (C=O) groups is 2. The van der Waals surface area contributed by atoms with Crippen molar-refractivity contribution in [1.29, 1.82) is 0 Å². The zero-order valence-electron chi connectivity index (χ0n) is 15.8. The second-order valence-corrected chi connectivity index (χ2v) is 7.93. The van der Waals surface area contributed by atoms with Gasteiger partial charge >= 0.3 is 5.91 Å². The number of hydrogen-bond acceptors (Lipinski definition) is 5. The molecular formula is C18H23BrF2N3O4+. The molecule has 154 valence electrons. The summed E-state index contributed by atoms with van der Waals surface area (Å²) in [6.07, 6.45) is 0.0116. The topological polar surface area (TPSA) is 87.7 Å². The second kappa shape index (κ2) is 8.64. The predicted octanol–water partition coefficient (Wildman–Crippen LogP) is 2.72. The third-order valence-electron chi connectivity index (χ3n) is 4.34. The average Bonchev–Trinajstić information content (AvgIpc) is 2.65. The molecular weight excluding hydrogens is 440 g/mol. The summed E-state index contributed by atoms with van der Waals surface area (Å²) in [5.74, 6) is -2.62. The first-order valence-electron chi connectivity index (χ1n) is 8.69. The smallest absolute Gasteiger partial charge is 0.391 e. The fraction of sp³-hybridized carbons (Fsp3) is 0.444. The number of anilines is 1. The average molecular weight is 463 g/mol. The highest BCUT2D eigenvalue weighted by Crippen LogP contribution is 2.29. The van der Waals surface area contributed by atoms with Gasteiger partial charge in [-0.3, -0.25) is 9.63 Å². The SMILES string of the molecule is CC[N+]1(F)CCC(Nc2ccc(Br)cc2F)=C(C(=O)NOC(C)(C)CO)C1=O. The van der Waals surface area contributed by atoms with E-state index >= 15 is 0 Å². The van der Waals surface area contributed by atoms with Crippen LogP contribution in [0.1, 0.15) is 27.2 Å². The Morgan fingerprint density at radius 3 is 2.68 bits per heavy atom. The number of nitrogens with zero attached hydrogens (tertiary/aromatic N) is 1. The van der Waals surface area contributed by atoms with E-state index < -0.39 is 40.1 Å². The number of nitrogens with one attached hydrogen (secondary N) is 2. The fourth-order valence-electron chi connectivity index (χ4n) is 2.53. The van der Waals surface area contributed by atoms with Crippen molar-refractivity contribution < 1.29 is 33.1 Å². The van der Waals surface area contributed by atoms with Crippen molar-refractivity contribution in [3.8, 4) is 0 Å². The van der Waals surface area contributed by atoms with Crippen LogP contribution in [0.5, 0.6) is 0 Å². The van der Waals surface area contributed by atoms with Gasteiger partial charge in [0.1, 0.15) is 24.5 Å². The zero-order chi connectivity index (χ0) is 21.1. The third kappa shape index (κ3) is 4.93. The van der Waals surface area contributed by atoms with Crippen molar-refractivity contribution in [2.45, 2.75) is 32.8 Å². The van der Waals surface area contributed by atoms with Crippen LogP contribution in [0.25, 0.3) is 0 Å². The van der Waals surface area contributed by atoms with Gasteiger partial charge in [0.25, 0.3) is 5.91 Å². The first-order chi connectivity index (χ1) is 13.0. The van der Waals surface area contributed by atoms with E-state index in [1.807, 2.05) is 0 Å². The zero-order valence-corrected chi connectivity index (χ0v) is 17.4. The van der Waals surface area contributed by atoms with Crippen molar-refractivity contribution in [1.82, 2.24) is 5.48 Å². The highest BCUT2D eigenvalue weighted by Gasteiger charge is 2.47. The van der Waals surface area contributed by atoms with Crippen LogP contribution in [0.3, 0.4) is 0 Å². The van der Waals surface area contributed by atoms with Gasteiger partial charge in [0.05, 0.1) is 12.3 Å². The quantitative estimate of drug-likeness (QED) is 0.329. The van der Waals surface area contributed by atoms with E-state index in [1.54, 1.807) is 6.07 Å². The first-order valence-corrected chi connectivity index (χ1v) is 9.48. The Hall–Kier alpha value is -1.88. The van der Waals surface area contributed by atoms with Crippen LogP contribution >= 0.6 is 15.9 Å². The Morgan fingerprint density at radius 2 is 2.11 bits per heavy atom. The number of benzene rings is 1. The number of carbonyl (C=O) groups excluding carboxylic acids is 2. The van der Waals surface area contributed by atoms with E-state index in [-0.39, 0.29) is 30.9 Å². The van der Waals surface area contributed by atoms with Crippen LogP contribution in [-0.2, 0) is 14.4 Å². The van der Waals surface area contributed by atoms with Gasteiger partial charge in [-0.2, -0.15) is 0 Å². The molecule has 1 aromatic carbocycles. The molecule has 2 rings (SSSR count). The molecule has 0 aliphatic carbocycles. The lowest BCUT2D eigenvalue weighted by molar-refractivity contribution is -0.988. The molecule has 0 fully saturated rings. The highest BCUT2D eigenvalue weighted by atomic mass is 79.9. The molecule has 28 heavy (non-hydrogen) atoms. The summed E-state index contributed by atoms with van der Waals surface area (Å²) < 4.78 is 28.1. The van der Waals surface area contributed by atoms with Gasteiger partial charge in [-0.05, 0) is 39.0 Å². The second-order valence-electron chi connectivity index (χ2n) is 7.01. The van der Waals surface area contributed by atoms with Crippen LogP contribution in [0.15, 0.2) is 33.9 Å². The number of halogens is 3. The Bertz CT molecular complexity index is 816. The van der Waals surface area contributed by atoms with E-state index in [9.17, 15) is 23.6 Å². The van der Waals surface area contributed by atoms with Crippen LogP contribution in [0.4, 0.5) is 14.6 Å². The van der Waals surface area contributed by atoms with Crippen LogP contribution in [-0.4, -0.2) is 46.9 Å². The summed E-state index contributed by atoms with van der Waals surface area (Å²) in [5, 5.41) is 11.9. The maximum absolute atomic E-state index is 14.9. The summed E-state index contributed by atoms with van der Waals surface area (Å²) in [5.41, 5.74) is 0.631. The molecule has 0 saturated heterocycles. The van der Waals surface area contributed by atoms with E-state index in [0.717, 1.165) is 0 Å². The van der Waals surface area contributed by atoms with Crippen molar-refractivity contribution in [2.24, 2.45) is 0 Å². The number of hydroxylamine groups is 1. The molecule has 10 heteroatoms. The molecule has 1 atom stereocenters. The number of amides is 2. The summed E-state index contributed by atoms with van der Waals surface area (Å²) in [6, 6.07) is 4.25. The molecule has 0 spiro atoms. The highest BCUT2D eigenvalue weighted by molar-refractivity contribution is 9.10. The molecule has 0 saturated carbocycles. The molecule has 7 nitrogen and oxygen atoms in total. The number of hydrogen-bond donors (Lipinski definition) is 3. The number of aliphatic hydroxyl groups excluding tert-OH is 1. The van der Waals surface area contributed by atoms with Crippen LogP contribution in [0, 0.1) is 5.82 Å². The van der Waals surface area contributed by atoms with Crippen molar-refractivity contribution in [3.63, 3.8) is 0 Å². The van der Waals surface area contributed by atoms with E-state index in [2.05, 4.69) is 26.7 Å². The summed E-state index contributed by atoms with van der Waals surface area (Å²) in [6.45, 7) is 3.79. The molecule has 0 aromatic heterocycles. The monoisotopic (exact) mass is 462 g/mol. The lowest BCUT2D eigenvalue weighted by atomic mass is 10.0. The van der Waals surface area contributed by atoms with E-state index in [1.165, 1.54) is 32.9 Å². The Morgan fingerprint density at radius 1 is 1.43 bits per heavy atom. The number of rotatable bonds is 7. The van der Waals surface area contributed by atoms with E-state index in [0.29, 0.717) is 4.47 Å². The molecule has 1 heterocycles. The third-order valence-corrected chi connectivity index (χ3v) is 4.83. The van der Waals surface area contributed by atoms with Crippen molar-refractivity contribution in [3.05, 3.63) is 39.8 Å². The van der Waals surface area contributed by atoms with E-state index in [4.69, 9.17) is 4.84 Å². The van der Waals surface area contributed by atoms with Gasteiger partial charge in [-0.1, -0.05) is 20.6 Å². The molecule has 1 aromatic rings. The predicted molar refractivity (Wildman–Crippen MR) is 102 cm³/mol. The number of likely N-dealkylation sites (N-methyl/N-ethyl adjacent to an activating group) is 1. The summed E-state index contributed by atoms with van der Waals surface area (Å²) in [4.78, 5) is 30.4. The first kappa shape index (κ1) is 22.4. The maximum Gasteiger partial charge on any atom is 0.391 e. The standard InChI is InChI=1S/C18H22BrF2N3O4/c1-4-24(21)8-7-14(22-13-6-5-11(19)9-12(13)20)15(17(24)27)16(26)23-28-18(2,3)10-25/h5-6,9,25H,4,7-8,10H2,1-3H3,(H-,22,23,26,27)/p+1. The molecule has 3 N–H and O–H groups in total. The number of quaternary nitrogens is 1. The van der Waals surface area contributed by atoms with Crippen molar-refractivity contribution in [2.75, 3.05) is 25.0 Å². The minimum Gasteiger partial charge on any atom is -0.393 e. The fourth-order valence-corrected chi connectivity index (χ4v) is 2.86. The molecule has 0 radical (unpaired) electrons. The summed E-state index contributed by atoms with van der Waals surface area (Å²) >= 11 is 3.15.